The molecular weight excluding hydrogens is 244 g/mol. The molecule has 0 N–H and O–H groups in total. The Labute approximate surface area is 92.7 Å². The van der Waals surface area contributed by atoms with Crippen LogP contribution in [0.15, 0.2) is 37.1 Å². The fourth-order valence-corrected chi connectivity index (χ4v) is 1.67. The van der Waals surface area contributed by atoms with Crippen LogP contribution in [0.2, 0.25) is 0 Å². The number of ether oxygens (including phenoxy) is 2. The van der Waals surface area contributed by atoms with Crippen LogP contribution < -0.4 is 4.74 Å². The molecule has 0 radical (unpaired) electrons. The standard InChI is InChI=1S/C11H13BrO2/c1-3-14-11(8-12)9-4-6-10(13-2)7-5-9/h3-7,11H,1,8H2,2H3. The van der Waals surface area contributed by atoms with E-state index in [1.54, 1.807) is 7.11 Å². The molecule has 0 heterocycles. The van der Waals surface area contributed by atoms with E-state index in [9.17, 15) is 0 Å². The second-order valence-electron chi connectivity index (χ2n) is 2.72. The Morgan fingerprint density at radius 1 is 1.43 bits per heavy atom. The maximum atomic E-state index is 5.33. The summed E-state index contributed by atoms with van der Waals surface area (Å²) in [5.41, 5.74) is 1.10. The largest absolute Gasteiger partial charge is 0.497 e. The Morgan fingerprint density at radius 2 is 2.07 bits per heavy atom. The molecule has 1 atom stereocenters. The average molecular weight is 257 g/mol. The van der Waals surface area contributed by atoms with Crippen LogP contribution in [-0.4, -0.2) is 12.4 Å². The molecule has 0 aliphatic carbocycles. The van der Waals surface area contributed by atoms with Crippen molar-refractivity contribution in [1.82, 2.24) is 0 Å². The summed E-state index contributed by atoms with van der Waals surface area (Å²) in [5, 5.41) is 0.741. The van der Waals surface area contributed by atoms with Crippen LogP contribution in [0.25, 0.3) is 0 Å². The van der Waals surface area contributed by atoms with Crippen molar-refractivity contribution in [2.45, 2.75) is 6.10 Å². The van der Waals surface area contributed by atoms with Gasteiger partial charge in [-0.15, -0.1) is 0 Å². The highest BCUT2D eigenvalue weighted by Gasteiger charge is 2.08. The molecule has 2 nitrogen and oxygen atoms in total. The quantitative estimate of drug-likeness (QED) is 0.595. The third-order valence-corrected chi connectivity index (χ3v) is 2.48. The number of alkyl halides is 1. The molecule has 0 aliphatic heterocycles. The molecular formula is C11H13BrO2. The van der Waals surface area contributed by atoms with Gasteiger partial charge in [0.25, 0.3) is 0 Å². The highest BCUT2D eigenvalue weighted by Crippen LogP contribution is 2.22. The minimum Gasteiger partial charge on any atom is -0.497 e. The van der Waals surface area contributed by atoms with Gasteiger partial charge in [0.2, 0.25) is 0 Å². The SMILES string of the molecule is C=COC(CBr)c1ccc(OC)cc1. The van der Waals surface area contributed by atoms with E-state index < -0.39 is 0 Å². The first-order valence-corrected chi connectivity index (χ1v) is 5.40. The lowest BCUT2D eigenvalue weighted by atomic mass is 10.1. The zero-order valence-electron chi connectivity index (χ0n) is 8.07. The second kappa shape index (κ2) is 5.70. The zero-order valence-corrected chi connectivity index (χ0v) is 9.66. The van der Waals surface area contributed by atoms with Crippen molar-refractivity contribution < 1.29 is 9.47 Å². The maximum absolute atomic E-state index is 5.33. The summed E-state index contributed by atoms with van der Waals surface area (Å²) in [7, 11) is 1.65. The van der Waals surface area contributed by atoms with Gasteiger partial charge in [-0.3, -0.25) is 0 Å². The normalized spacial score (nSPS) is 11.9. The van der Waals surface area contributed by atoms with Gasteiger partial charge in [0, 0.05) is 5.33 Å². The molecule has 0 fully saturated rings. The number of hydrogen-bond acceptors (Lipinski definition) is 2. The molecule has 0 amide bonds. The smallest absolute Gasteiger partial charge is 0.132 e. The predicted octanol–water partition coefficient (Wildman–Crippen LogP) is 3.29. The van der Waals surface area contributed by atoms with Gasteiger partial charge >= 0.3 is 0 Å². The van der Waals surface area contributed by atoms with E-state index in [-0.39, 0.29) is 6.10 Å². The summed E-state index contributed by atoms with van der Waals surface area (Å²) in [6, 6.07) is 7.79. The van der Waals surface area contributed by atoms with Crippen LogP contribution in [0.5, 0.6) is 5.75 Å². The Balaban J connectivity index is 2.77. The lowest BCUT2D eigenvalue weighted by Gasteiger charge is -2.14. The first-order chi connectivity index (χ1) is 6.81. The van der Waals surface area contributed by atoms with Crippen LogP contribution in [0.4, 0.5) is 0 Å². The van der Waals surface area contributed by atoms with Crippen LogP contribution in [0.3, 0.4) is 0 Å². The van der Waals surface area contributed by atoms with Gasteiger partial charge in [0.1, 0.15) is 11.9 Å². The third kappa shape index (κ3) is 2.77. The fraction of sp³-hybridized carbons (Fsp3) is 0.273. The lowest BCUT2D eigenvalue weighted by Crippen LogP contribution is -2.01. The summed E-state index contributed by atoms with van der Waals surface area (Å²) in [4.78, 5) is 0. The van der Waals surface area contributed by atoms with Gasteiger partial charge in [-0.05, 0) is 17.7 Å². The highest BCUT2D eigenvalue weighted by atomic mass is 79.9. The van der Waals surface area contributed by atoms with Gasteiger partial charge < -0.3 is 9.47 Å². The molecule has 0 saturated heterocycles. The second-order valence-corrected chi connectivity index (χ2v) is 3.37. The van der Waals surface area contributed by atoms with Crippen molar-refractivity contribution in [2.75, 3.05) is 12.4 Å². The monoisotopic (exact) mass is 256 g/mol. The van der Waals surface area contributed by atoms with Crippen LogP contribution >= 0.6 is 15.9 Å². The van der Waals surface area contributed by atoms with Gasteiger partial charge in [0.05, 0.1) is 13.4 Å². The third-order valence-electron chi connectivity index (χ3n) is 1.89. The summed E-state index contributed by atoms with van der Waals surface area (Å²) in [5.74, 6) is 0.848. The molecule has 1 aromatic rings. The molecule has 0 spiro atoms. The molecule has 1 unspecified atom stereocenters. The molecule has 0 saturated carbocycles. The molecule has 1 rings (SSSR count). The molecule has 3 heteroatoms. The molecule has 14 heavy (non-hydrogen) atoms. The first-order valence-electron chi connectivity index (χ1n) is 4.28. The Morgan fingerprint density at radius 3 is 2.50 bits per heavy atom. The lowest BCUT2D eigenvalue weighted by molar-refractivity contribution is 0.170. The van der Waals surface area contributed by atoms with Gasteiger partial charge in [-0.2, -0.15) is 0 Å². The van der Waals surface area contributed by atoms with Gasteiger partial charge in [0.15, 0.2) is 0 Å². The summed E-state index contributed by atoms with van der Waals surface area (Å²) >= 11 is 3.39. The molecule has 0 bridgehead atoms. The summed E-state index contributed by atoms with van der Waals surface area (Å²) in [6.07, 6.45) is 1.47. The molecule has 0 aromatic heterocycles. The Bertz CT molecular complexity index is 282. The first kappa shape index (κ1) is 11.1. The number of methoxy groups -OCH3 is 1. The van der Waals surface area contributed by atoms with E-state index in [1.807, 2.05) is 24.3 Å². The van der Waals surface area contributed by atoms with Crippen molar-refractivity contribution in [3.63, 3.8) is 0 Å². The average Bonchev–Trinajstić information content (AvgIpc) is 2.26. The van der Waals surface area contributed by atoms with Crippen LogP contribution in [0, 0.1) is 0 Å². The molecule has 76 valence electrons. The zero-order chi connectivity index (χ0) is 10.4. The van der Waals surface area contributed by atoms with Crippen LogP contribution in [-0.2, 0) is 4.74 Å². The number of rotatable bonds is 5. The van der Waals surface area contributed by atoms with E-state index in [4.69, 9.17) is 9.47 Å². The Hall–Kier alpha value is -0.960. The van der Waals surface area contributed by atoms with Gasteiger partial charge in [-0.25, -0.2) is 0 Å². The van der Waals surface area contributed by atoms with Crippen LogP contribution in [0.1, 0.15) is 11.7 Å². The van der Waals surface area contributed by atoms with Crippen molar-refractivity contribution in [3.8, 4) is 5.75 Å². The van der Waals surface area contributed by atoms with E-state index in [0.717, 1.165) is 16.6 Å². The molecule has 1 aromatic carbocycles. The van der Waals surface area contributed by atoms with Gasteiger partial charge in [-0.1, -0.05) is 34.6 Å². The number of halogens is 1. The van der Waals surface area contributed by atoms with E-state index in [2.05, 4.69) is 22.5 Å². The highest BCUT2D eigenvalue weighted by molar-refractivity contribution is 9.09. The Kier molecular flexibility index (Phi) is 4.53. The number of hydrogen-bond donors (Lipinski definition) is 0. The van der Waals surface area contributed by atoms with E-state index in [0.29, 0.717) is 0 Å². The van der Waals surface area contributed by atoms with Crippen molar-refractivity contribution in [2.24, 2.45) is 0 Å². The summed E-state index contributed by atoms with van der Waals surface area (Å²) in [6.45, 7) is 3.54. The minimum atomic E-state index is 0.0124. The fourth-order valence-electron chi connectivity index (χ4n) is 1.14. The van der Waals surface area contributed by atoms with E-state index in [1.165, 1.54) is 6.26 Å². The van der Waals surface area contributed by atoms with Crippen molar-refractivity contribution in [3.05, 3.63) is 42.7 Å². The van der Waals surface area contributed by atoms with E-state index >= 15 is 0 Å². The predicted molar refractivity (Wildman–Crippen MR) is 60.8 cm³/mol. The molecule has 0 aliphatic rings. The van der Waals surface area contributed by atoms with Crippen molar-refractivity contribution >= 4 is 15.9 Å². The topological polar surface area (TPSA) is 18.5 Å². The number of benzene rings is 1. The summed E-state index contributed by atoms with van der Waals surface area (Å²) < 4.78 is 10.4. The van der Waals surface area contributed by atoms with Crippen molar-refractivity contribution in [1.29, 1.82) is 0 Å². The minimum absolute atomic E-state index is 0.0124. The maximum Gasteiger partial charge on any atom is 0.132 e.